The van der Waals surface area contributed by atoms with E-state index in [1.807, 2.05) is 0 Å². The van der Waals surface area contributed by atoms with E-state index in [1.54, 1.807) is 4.90 Å². The van der Waals surface area contributed by atoms with Crippen LogP contribution in [0.2, 0.25) is 0 Å². The first-order valence-electron chi connectivity index (χ1n) is 7.50. The molecule has 2 saturated heterocycles. The van der Waals surface area contributed by atoms with E-state index < -0.39 is 17.6 Å². The van der Waals surface area contributed by atoms with Crippen molar-refractivity contribution >= 4 is 5.91 Å². The fraction of sp³-hybridized carbons (Fsp3) is 0.714. The van der Waals surface area contributed by atoms with Crippen molar-refractivity contribution in [1.82, 2.24) is 19.6 Å². The number of piperazine rings is 1. The molecule has 1 amide bonds. The molecule has 1 aromatic heterocycles. The first-order chi connectivity index (χ1) is 10.4. The predicted octanol–water partition coefficient (Wildman–Crippen LogP) is 1.75. The minimum Gasteiger partial charge on any atom is -0.334 e. The maximum atomic E-state index is 13.0. The van der Waals surface area contributed by atoms with Gasteiger partial charge in [0.25, 0.3) is 5.91 Å². The molecule has 2 aliphatic heterocycles. The summed E-state index contributed by atoms with van der Waals surface area (Å²) in [5.74, 6) is -0.572. The van der Waals surface area contributed by atoms with E-state index in [1.165, 1.54) is 7.05 Å². The van der Waals surface area contributed by atoms with E-state index in [0.717, 1.165) is 43.2 Å². The topological polar surface area (TPSA) is 41.4 Å². The lowest BCUT2D eigenvalue weighted by molar-refractivity contribution is -0.138. The fourth-order valence-corrected chi connectivity index (χ4v) is 3.39. The molecule has 1 unspecified atom stereocenters. The predicted molar refractivity (Wildman–Crippen MR) is 73.3 cm³/mol. The molecule has 1 aromatic rings. The SMILES string of the molecule is Cn1ncc(C(F)(F)F)c1C(=O)N1CCN2CCCCC2C1. The van der Waals surface area contributed by atoms with Gasteiger partial charge in [0.05, 0.1) is 6.20 Å². The fourth-order valence-electron chi connectivity index (χ4n) is 3.39. The highest BCUT2D eigenvalue weighted by Crippen LogP contribution is 2.32. The van der Waals surface area contributed by atoms with Crippen molar-refractivity contribution in [2.45, 2.75) is 31.5 Å². The Morgan fingerprint density at radius 3 is 2.77 bits per heavy atom. The summed E-state index contributed by atoms with van der Waals surface area (Å²) in [6.07, 6.45) is -0.565. The van der Waals surface area contributed by atoms with Crippen molar-refractivity contribution in [2.24, 2.45) is 7.05 Å². The minimum atomic E-state index is -4.56. The number of alkyl halides is 3. The smallest absolute Gasteiger partial charge is 0.334 e. The van der Waals surface area contributed by atoms with Gasteiger partial charge in [-0.3, -0.25) is 14.4 Å². The molecular formula is C14H19F3N4O. The van der Waals surface area contributed by atoms with E-state index >= 15 is 0 Å². The molecule has 3 rings (SSSR count). The number of hydrogen-bond acceptors (Lipinski definition) is 3. The van der Waals surface area contributed by atoms with Crippen LogP contribution in [0.25, 0.3) is 0 Å². The van der Waals surface area contributed by atoms with Crippen molar-refractivity contribution in [3.8, 4) is 0 Å². The standard InChI is InChI=1S/C14H19F3N4O/c1-19-12(11(8-18-19)14(15,16)17)13(22)21-7-6-20-5-3-2-4-10(20)9-21/h8,10H,2-7,9H2,1H3. The van der Waals surface area contributed by atoms with E-state index in [4.69, 9.17) is 0 Å². The Balaban J connectivity index is 1.81. The molecule has 5 nitrogen and oxygen atoms in total. The van der Waals surface area contributed by atoms with E-state index in [-0.39, 0.29) is 11.7 Å². The second-order valence-corrected chi connectivity index (χ2v) is 5.96. The van der Waals surface area contributed by atoms with Gasteiger partial charge < -0.3 is 4.90 Å². The summed E-state index contributed by atoms with van der Waals surface area (Å²) in [4.78, 5) is 16.4. The van der Waals surface area contributed by atoms with E-state index in [9.17, 15) is 18.0 Å². The molecule has 2 fully saturated rings. The van der Waals surface area contributed by atoms with Gasteiger partial charge in [-0.1, -0.05) is 6.42 Å². The maximum absolute atomic E-state index is 13.0. The lowest BCUT2D eigenvalue weighted by Crippen LogP contribution is -2.56. The molecule has 0 N–H and O–H groups in total. The monoisotopic (exact) mass is 316 g/mol. The van der Waals surface area contributed by atoms with Gasteiger partial charge in [-0.05, 0) is 19.4 Å². The maximum Gasteiger partial charge on any atom is 0.420 e. The third-order valence-electron chi connectivity index (χ3n) is 4.57. The quantitative estimate of drug-likeness (QED) is 0.793. The van der Waals surface area contributed by atoms with Crippen LogP contribution in [0.4, 0.5) is 13.2 Å². The Kier molecular flexibility index (Phi) is 3.88. The Labute approximate surface area is 126 Å². The van der Waals surface area contributed by atoms with Gasteiger partial charge in [-0.2, -0.15) is 18.3 Å². The lowest BCUT2D eigenvalue weighted by atomic mass is 9.99. The van der Waals surface area contributed by atoms with Gasteiger partial charge >= 0.3 is 6.18 Å². The number of rotatable bonds is 1. The van der Waals surface area contributed by atoms with Crippen LogP contribution in [0.15, 0.2) is 6.20 Å². The van der Waals surface area contributed by atoms with Crippen LogP contribution in [-0.2, 0) is 13.2 Å². The molecule has 0 radical (unpaired) electrons. The highest BCUT2D eigenvalue weighted by atomic mass is 19.4. The van der Waals surface area contributed by atoms with Crippen molar-refractivity contribution in [3.63, 3.8) is 0 Å². The third-order valence-corrected chi connectivity index (χ3v) is 4.57. The average Bonchev–Trinajstić information content (AvgIpc) is 2.88. The summed E-state index contributed by atoms with van der Waals surface area (Å²) in [5.41, 5.74) is -1.32. The molecule has 0 saturated carbocycles. The number of nitrogens with zero attached hydrogens (tertiary/aromatic N) is 4. The average molecular weight is 316 g/mol. The zero-order valence-corrected chi connectivity index (χ0v) is 12.4. The third kappa shape index (κ3) is 2.71. The highest BCUT2D eigenvalue weighted by molar-refractivity contribution is 5.94. The molecule has 8 heteroatoms. The van der Waals surface area contributed by atoms with Crippen LogP contribution in [0, 0.1) is 0 Å². The number of aromatic nitrogens is 2. The number of fused-ring (bicyclic) bond motifs is 1. The number of amides is 1. The Morgan fingerprint density at radius 1 is 1.27 bits per heavy atom. The van der Waals surface area contributed by atoms with E-state index in [0.29, 0.717) is 13.1 Å². The van der Waals surface area contributed by atoms with Crippen LogP contribution in [-0.4, -0.2) is 57.7 Å². The molecule has 1 atom stereocenters. The van der Waals surface area contributed by atoms with Gasteiger partial charge in [-0.25, -0.2) is 0 Å². The van der Waals surface area contributed by atoms with Crippen LogP contribution in [0.1, 0.15) is 35.3 Å². The summed E-state index contributed by atoms with van der Waals surface area (Å²) in [5, 5.41) is 3.62. The Morgan fingerprint density at radius 2 is 2.05 bits per heavy atom. The van der Waals surface area contributed by atoms with Gasteiger partial charge in [0.2, 0.25) is 0 Å². The van der Waals surface area contributed by atoms with Crippen molar-refractivity contribution < 1.29 is 18.0 Å². The van der Waals surface area contributed by atoms with Crippen LogP contribution < -0.4 is 0 Å². The normalized spacial score (nSPS) is 23.5. The molecule has 0 aliphatic carbocycles. The number of piperidine rings is 1. The molecule has 22 heavy (non-hydrogen) atoms. The van der Waals surface area contributed by atoms with E-state index in [2.05, 4.69) is 10.00 Å². The molecule has 3 heterocycles. The highest BCUT2D eigenvalue weighted by Gasteiger charge is 2.40. The first kappa shape index (κ1) is 15.3. The molecule has 0 spiro atoms. The van der Waals surface area contributed by atoms with Crippen LogP contribution in [0.3, 0.4) is 0 Å². The summed E-state index contributed by atoms with van der Waals surface area (Å²) >= 11 is 0. The minimum absolute atomic E-state index is 0.272. The van der Waals surface area contributed by atoms with Crippen molar-refractivity contribution in [2.75, 3.05) is 26.2 Å². The summed E-state index contributed by atoms with van der Waals surface area (Å²) in [6, 6.07) is 0.272. The van der Waals surface area contributed by atoms with Crippen molar-refractivity contribution in [3.05, 3.63) is 17.5 Å². The number of carbonyl (C=O) groups is 1. The van der Waals surface area contributed by atoms with Crippen molar-refractivity contribution in [1.29, 1.82) is 0 Å². The van der Waals surface area contributed by atoms with Crippen LogP contribution in [0.5, 0.6) is 0 Å². The lowest BCUT2D eigenvalue weighted by Gasteiger charge is -2.44. The Hall–Kier alpha value is -1.57. The van der Waals surface area contributed by atoms with Gasteiger partial charge in [-0.15, -0.1) is 0 Å². The molecule has 122 valence electrons. The number of carbonyl (C=O) groups excluding carboxylic acids is 1. The van der Waals surface area contributed by atoms with Gasteiger partial charge in [0.1, 0.15) is 11.3 Å². The molecular weight excluding hydrogens is 297 g/mol. The second kappa shape index (κ2) is 5.57. The zero-order chi connectivity index (χ0) is 15.9. The number of aryl methyl sites for hydroxylation is 1. The number of hydrogen-bond donors (Lipinski definition) is 0. The molecule has 2 aliphatic rings. The summed E-state index contributed by atoms with van der Waals surface area (Å²) in [7, 11) is 1.37. The van der Waals surface area contributed by atoms with Gasteiger partial charge in [0, 0.05) is 32.7 Å². The Bertz CT molecular complexity index is 569. The summed E-state index contributed by atoms with van der Waals surface area (Å²) < 4.78 is 40.1. The second-order valence-electron chi connectivity index (χ2n) is 5.96. The largest absolute Gasteiger partial charge is 0.420 e. The first-order valence-corrected chi connectivity index (χ1v) is 7.50. The molecule has 0 bridgehead atoms. The number of halogens is 3. The molecule has 0 aromatic carbocycles. The zero-order valence-electron chi connectivity index (χ0n) is 12.4. The summed E-state index contributed by atoms with van der Waals surface area (Å²) in [6.45, 7) is 2.72. The van der Waals surface area contributed by atoms with Gasteiger partial charge in [0.15, 0.2) is 0 Å². The van der Waals surface area contributed by atoms with Crippen LogP contribution >= 0.6 is 0 Å².